The third-order valence-corrected chi connectivity index (χ3v) is 7.06. The quantitative estimate of drug-likeness (QED) is 0.211. The number of hydrogen-bond donors (Lipinski definition) is 3. The minimum Gasteiger partial charge on any atom is -0.349 e. The molecular formula is C27H34N8O. The number of unbranched alkanes of at least 4 members (excludes halogenated alkanes) is 2. The molecule has 5 rings (SSSR count). The Balaban J connectivity index is 1.47. The zero-order chi connectivity index (χ0) is 25.4. The van der Waals surface area contributed by atoms with Crippen molar-refractivity contribution >= 4 is 16.9 Å². The largest absolute Gasteiger partial charge is 0.349 e. The third kappa shape index (κ3) is 4.46. The third-order valence-electron chi connectivity index (χ3n) is 7.06. The van der Waals surface area contributed by atoms with Crippen LogP contribution in [-0.2, 0) is 26.1 Å². The Bertz CT molecular complexity index is 1550. The van der Waals surface area contributed by atoms with Gasteiger partial charge < -0.3 is 14.5 Å². The molecule has 0 unspecified atom stereocenters. The van der Waals surface area contributed by atoms with Crippen molar-refractivity contribution < 1.29 is 0 Å². The number of nitrogens with zero attached hydrogens (tertiary/aromatic N) is 5. The summed E-state index contributed by atoms with van der Waals surface area (Å²) in [6.07, 6.45) is 7.89. The first-order valence-electron chi connectivity index (χ1n) is 12.7. The second-order valence-corrected chi connectivity index (χ2v) is 9.87. The molecule has 0 atom stereocenters. The molecule has 1 aromatic carbocycles. The van der Waals surface area contributed by atoms with Gasteiger partial charge in [0, 0.05) is 31.4 Å². The maximum Gasteiger partial charge on any atom is 0.284 e. The van der Waals surface area contributed by atoms with Crippen molar-refractivity contribution in [3.05, 3.63) is 69.3 Å². The molecule has 0 saturated carbocycles. The molecule has 0 fully saturated rings. The number of nitrogens with one attached hydrogen (secondary N) is 3. The fourth-order valence-corrected chi connectivity index (χ4v) is 5.10. The summed E-state index contributed by atoms with van der Waals surface area (Å²) < 4.78 is 4.91. The fourth-order valence-electron chi connectivity index (χ4n) is 5.10. The van der Waals surface area contributed by atoms with Crippen LogP contribution in [0.5, 0.6) is 0 Å². The highest BCUT2D eigenvalue weighted by Gasteiger charge is 2.17. The van der Waals surface area contributed by atoms with E-state index in [0.29, 0.717) is 24.1 Å². The average molecular weight is 487 g/mol. The molecule has 9 nitrogen and oxygen atoms in total. The van der Waals surface area contributed by atoms with Gasteiger partial charge in [-0.3, -0.25) is 20.3 Å². The van der Waals surface area contributed by atoms with Gasteiger partial charge in [-0.2, -0.15) is 5.10 Å². The molecule has 0 saturated heterocycles. The molecule has 0 bridgehead atoms. The smallest absolute Gasteiger partial charge is 0.284 e. The zero-order valence-electron chi connectivity index (χ0n) is 21.3. The first kappa shape index (κ1) is 24.0. The van der Waals surface area contributed by atoms with E-state index in [1.165, 1.54) is 23.6 Å². The van der Waals surface area contributed by atoms with Gasteiger partial charge in [0.1, 0.15) is 11.4 Å². The molecule has 4 aromatic rings. The van der Waals surface area contributed by atoms with Gasteiger partial charge in [0.25, 0.3) is 5.56 Å². The van der Waals surface area contributed by atoms with Crippen LogP contribution in [0.2, 0.25) is 0 Å². The molecule has 3 N–H and O–H groups in total. The molecule has 36 heavy (non-hydrogen) atoms. The second-order valence-electron chi connectivity index (χ2n) is 9.87. The Morgan fingerprint density at radius 3 is 2.81 bits per heavy atom. The predicted octanol–water partition coefficient (Wildman–Crippen LogP) is 3.55. The predicted molar refractivity (Wildman–Crippen MR) is 142 cm³/mol. The number of hydrogen-bond acceptors (Lipinski definition) is 5. The molecule has 0 spiro atoms. The number of aromatic nitrogens is 5. The van der Waals surface area contributed by atoms with E-state index in [-0.39, 0.29) is 17.0 Å². The van der Waals surface area contributed by atoms with Crippen LogP contribution < -0.4 is 11.2 Å². The molecule has 3 aromatic heterocycles. The van der Waals surface area contributed by atoms with Gasteiger partial charge in [-0.05, 0) is 49.6 Å². The van der Waals surface area contributed by atoms with Crippen molar-refractivity contribution in [3.8, 4) is 11.3 Å². The summed E-state index contributed by atoms with van der Waals surface area (Å²) in [5.74, 6) is 0.0387. The number of benzene rings is 1. The maximum atomic E-state index is 13.1. The Morgan fingerprint density at radius 1 is 1.19 bits per heavy atom. The molecule has 188 valence electrons. The van der Waals surface area contributed by atoms with Crippen molar-refractivity contribution in [2.75, 3.05) is 13.6 Å². The Morgan fingerprint density at radius 2 is 2.03 bits per heavy atom. The number of aryl methyl sites for hydroxylation is 1. The number of likely N-dealkylation sites (N-methyl/N-ethyl adjacent to an activating group) is 1. The normalized spacial score (nSPS) is 13.9. The molecule has 9 heteroatoms. The summed E-state index contributed by atoms with van der Waals surface area (Å²) in [6.45, 7) is 7.06. The van der Waals surface area contributed by atoms with E-state index in [0.717, 1.165) is 54.6 Å². The molecule has 0 amide bonds. The summed E-state index contributed by atoms with van der Waals surface area (Å²) in [5.41, 5.74) is 6.49. The molecular weight excluding hydrogens is 452 g/mol. The monoisotopic (exact) mass is 486 g/mol. The number of H-pyrrole nitrogens is 1. The van der Waals surface area contributed by atoms with Crippen molar-refractivity contribution in [1.29, 1.82) is 10.8 Å². The highest BCUT2D eigenvalue weighted by atomic mass is 16.1. The molecule has 1 aliphatic heterocycles. The zero-order valence-corrected chi connectivity index (χ0v) is 21.3. The summed E-state index contributed by atoms with van der Waals surface area (Å²) in [6, 6.07) is 8.64. The van der Waals surface area contributed by atoms with Crippen LogP contribution in [0.3, 0.4) is 0 Å². The van der Waals surface area contributed by atoms with Gasteiger partial charge in [-0.15, -0.1) is 0 Å². The lowest BCUT2D eigenvalue weighted by Gasteiger charge is -2.25. The number of aromatic amines is 1. The van der Waals surface area contributed by atoms with Crippen LogP contribution >= 0.6 is 0 Å². The van der Waals surface area contributed by atoms with E-state index in [1.54, 1.807) is 0 Å². The maximum absolute atomic E-state index is 13.1. The summed E-state index contributed by atoms with van der Waals surface area (Å²) in [4.78, 5) is 18.7. The standard InChI is InChI=1S/C27H34N8O/c1-4-5-6-10-34-24-13-23(31-25(24)26(36)35(18(2)28)27(34)29)22-14-30-33(17-22)15-19-7-8-21-16-32(3)11-9-20(21)12-19/h7-8,12-14,17,28-29,31H,4-6,9-11,15-16H2,1-3H3. The van der Waals surface area contributed by atoms with E-state index in [2.05, 4.69) is 47.2 Å². The first-order chi connectivity index (χ1) is 17.4. The van der Waals surface area contributed by atoms with Crippen LogP contribution in [0.15, 0.2) is 41.5 Å². The van der Waals surface area contributed by atoms with Crippen molar-refractivity contribution in [2.45, 2.75) is 59.2 Å². The summed E-state index contributed by atoms with van der Waals surface area (Å²) in [7, 11) is 2.16. The van der Waals surface area contributed by atoms with Gasteiger partial charge in [0.15, 0.2) is 0 Å². The number of rotatable bonds is 7. The Hall–Kier alpha value is -3.72. The lowest BCUT2D eigenvalue weighted by molar-refractivity contribution is 0.313. The van der Waals surface area contributed by atoms with Crippen LogP contribution in [0, 0.1) is 10.8 Å². The Labute approximate surface area is 210 Å². The minimum atomic E-state index is -0.368. The SMILES string of the molecule is CCCCCn1c(=N)n(C(C)=N)c(=O)c2[nH]c(-c3cnn(Cc4ccc5c(c4)CCN(C)C5)c3)cc21. The van der Waals surface area contributed by atoms with Gasteiger partial charge >= 0.3 is 0 Å². The summed E-state index contributed by atoms with van der Waals surface area (Å²) >= 11 is 0. The molecule has 4 heterocycles. The number of fused-ring (bicyclic) bond motifs is 2. The van der Waals surface area contributed by atoms with Gasteiger partial charge in [0.2, 0.25) is 5.62 Å². The van der Waals surface area contributed by atoms with E-state index in [1.807, 2.05) is 27.7 Å². The fraction of sp³-hybridized carbons (Fsp3) is 0.407. The second kappa shape index (κ2) is 9.73. The van der Waals surface area contributed by atoms with Gasteiger partial charge in [-0.25, -0.2) is 4.57 Å². The first-order valence-corrected chi connectivity index (χ1v) is 12.7. The lowest BCUT2D eigenvalue weighted by Crippen LogP contribution is -2.43. The summed E-state index contributed by atoms with van der Waals surface area (Å²) in [5, 5.41) is 21.2. The lowest BCUT2D eigenvalue weighted by atomic mass is 9.97. The molecule has 1 aliphatic rings. The van der Waals surface area contributed by atoms with Crippen LogP contribution in [0.4, 0.5) is 0 Å². The van der Waals surface area contributed by atoms with Gasteiger partial charge in [0.05, 0.1) is 24.0 Å². The molecule has 0 radical (unpaired) electrons. The van der Waals surface area contributed by atoms with Crippen LogP contribution in [-0.4, -0.2) is 48.2 Å². The van der Waals surface area contributed by atoms with Crippen molar-refractivity contribution in [1.82, 2.24) is 28.8 Å². The van der Waals surface area contributed by atoms with Crippen molar-refractivity contribution in [3.63, 3.8) is 0 Å². The van der Waals surface area contributed by atoms with Crippen LogP contribution in [0.25, 0.3) is 22.3 Å². The van der Waals surface area contributed by atoms with Crippen LogP contribution in [0.1, 0.15) is 49.8 Å². The topological polar surface area (TPSA) is 111 Å². The molecule has 0 aliphatic carbocycles. The van der Waals surface area contributed by atoms with E-state index in [4.69, 9.17) is 10.8 Å². The minimum absolute atomic E-state index is 0.0379. The van der Waals surface area contributed by atoms with E-state index in [9.17, 15) is 4.79 Å². The average Bonchev–Trinajstić information content (AvgIpc) is 3.49. The highest BCUT2D eigenvalue weighted by Crippen LogP contribution is 2.23. The van der Waals surface area contributed by atoms with Crippen molar-refractivity contribution in [2.24, 2.45) is 0 Å². The van der Waals surface area contributed by atoms with Gasteiger partial charge in [-0.1, -0.05) is 38.0 Å². The Kier molecular flexibility index (Phi) is 6.49. The highest BCUT2D eigenvalue weighted by molar-refractivity contribution is 5.85. The van der Waals surface area contributed by atoms with E-state index >= 15 is 0 Å². The van der Waals surface area contributed by atoms with E-state index < -0.39 is 0 Å².